The number of halogens is 1. The second-order valence-corrected chi connectivity index (χ2v) is 4.57. The van der Waals surface area contributed by atoms with Crippen LogP contribution in [0.1, 0.15) is 36.0 Å². The summed E-state index contributed by atoms with van der Waals surface area (Å²) in [5, 5.41) is 8.95. The van der Waals surface area contributed by atoms with Gasteiger partial charge in [0.2, 0.25) is 0 Å². The minimum absolute atomic E-state index is 0.142. The van der Waals surface area contributed by atoms with E-state index in [1.54, 1.807) is 0 Å². The summed E-state index contributed by atoms with van der Waals surface area (Å²) in [7, 11) is 0. The predicted octanol–water partition coefficient (Wildman–Crippen LogP) is 2.86. The molecule has 1 aliphatic heterocycles. The minimum Gasteiger partial charge on any atom is -0.493 e. The first-order chi connectivity index (χ1) is 9.16. The summed E-state index contributed by atoms with van der Waals surface area (Å²) in [6.45, 7) is 1.23. The molecule has 1 saturated heterocycles. The topological polar surface area (TPSA) is 55.8 Å². The van der Waals surface area contributed by atoms with E-state index in [0.717, 1.165) is 38.4 Å². The number of hydrogen-bond donors (Lipinski definition) is 1. The molecule has 1 N–H and O–H groups in total. The van der Waals surface area contributed by atoms with Crippen molar-refractivity contribution in [1.29, 1.82) is 0 Å². The number of carboxylic acids is 1. The van der Waals surface area contributed by atoms with Gasteiger partial charge in [0.05, 0.1) is 12.7 Å². The molecular formula is C14H17FO4. The molecule has 0 amide bonds. The van der Waals surface area contributed by atoms with Gasteiger partial charge >= 0.3 is 5.97 Å². The molecule has 5 heteroatoms. The van der Waals surface area contributed by atoms with Gasteiger partial charge in [0.15, 0.2) is 0 Å². The largest absolute Gasteiger partial charge is 0.493 e. The Bertz CT molecular complexity index is 441. The van der Waals surface area contributed by atoms with Gasteiger partial charge in [-0.15, -0.1) is 0 Å². The molecule has 0 spiro atoms. The quantitative estimate of drug-likeness (QED) is 0.806. The lowest BCUT2D eigenvalue weighted by Gasteiger charge is -2.11. The number of ether oxygens (including phenoxy) is 2. The van der Waals surface area contributed by atoms with E-state index in [0.29, 0.717) is 12.7 Å². The van der Waals surface area contributed by atoms with Crippen molar-refractivity contribution in [3.05, 3.63) is 29.6 Å². The summed E-state index contributed by atoms with van der Waals surface area (Å²) >= 11 is 0. The lowest BCUT2D eigenvalue weighted by Crippen LogP contribution is -2.09. The lowest BCUT2D eigenvalue weighted by atomic mass is 10.1. The van der Waals surface area contributed by atoms with Crippen molar-refractivity contribution in [3.63, 3.8) is 0 Å². The third-order valence-corrected chi connectivity index (χ3v) is 3.12. The molecule has 4 nitrogen and oxygen atoms in total. The summed E-state index contributed by atoms with van der Waals surface area (Å²) in [4.78, 5) is 10.9. The highest BCUT2D eigenvalue weighted by molar-refractivity contribution is 5.90. The number of rotatable bonds is 6. The minimum atomic E-state index is -1.19. The van der Waals surface area contributed by atoms with Gasteiger partial charge in [-0.2, -0.15) is 0 Å². The first kappa shape index (κ1) is 13.8. The molecule has 1 aromatic carbocycles. The third-order valence-electron chi connectivity index (χ3n) is 3.12. The van der Waals surface area contributed by atoms with Crippen molar-refractivity contribution in [1.82, 2.24) is 0 Å². The molecule has 0 radical (unpaired) electrons. The van der Waals surface area contributed by atoms with Crippen LogP contribution in [0.5, 0.6) is 5.75 Å². The van der Waals surface area contributed by atoms with Crippen LogP contribution in [0.3, 0.4) is 0 Å². The Morgan fingerprint density at radius 3 is 3.05 bits per heavy atom. The second-order valence-electron chi connectivity index (χ2n) is 4.57. The molecule has 0 bridgehead atoms. The summed E-state index contributed by atoms with van der Waals surface area (Å²) < 4.78 is 23.9. The van der Waals surface area contributed by atoms with E-state index < -0.39 is 11.8 Å². The SMILES string of the molecule is O=C(O)c1cc(F)ccc1OCCCC1CCCO1. The van der Waals surface area contributed by atoms with Crippen molar-refractivity contribution >= 4 is 5.97 Å². The van der Waals surface area contributed by atoms with Crippen LogP contribution in [0.4, 0.5) is 4.39 Å². The molecule has 1 heterocycles. The monoisotopic (exact) mass is 268 g/mol. The van der Waals surface area contributed by atoms with Crippen LogP contribution in [0.2, 0.25) is 0 Å². The summed E-state index contributed by atoms with van der Waals surface area (Å²) in [6.07, 6.45) is 4.18. The zero-order valence-corrected chi connectivity index (χ0v) is 10.6. The fourth-order valence-corrected chi connectivity index (χ4v) is 2.16. The van der Waals surface area contributed by atoms with Gasteiger partial charge in [0.25, 0.3) is 0 Å². The third kappa shape index (κ3) is 3.92. The van der Waals surface area contributed by atoms with Crippen LogP contribution in [-0.2, 0) is 4.74 Å². The van der Waals surface area contributed by atoms with Gasteiger partial charge in [0, 0.05) is 6.61 Å². The number of carbonyl (C=O) groups is 1. The van der Waals surface area contributed by atoms with E-state index in [1.165, 1.54) is 12.1 Å². The second kappa shape index (κ2) is 6.52. The fourth-order valence-electron chi connectivity index (χ4n) is 2.16. The molecule has 0 aromatic heterocycles. The Morgan fingerprint density at radius 2 is 2.37 bits per heavy atom. The summed E-state index contributed by atoms with van der Waals surface area (Å²) in [5.74, 6) is -1.56. The lowest BCUT2D eigenvalue weighted by molar-refractivity contribution is 0.0690. The smallest absolute Gasteiger partial charge is 0.339 e. The zero-order chi connectivity index (χ0) is 13.7. The molecule has 1 aliphatic rings. The number of hydrogen-bond acceptors (Lipinski definition) is 3. The molecule has 1 fully saturated rings. The van der Waals surface area contributed by atoms with Crippen LogP contribution in [-0.4, -0.2) is 30.4 Å². The molecule has 1 unspecified atom stereocenters. The van der Waals surface area contributed by atoms with E-state index in [-0.39, 0.29) is 11.3 Å². The van der Waals surface area contributed by atoms with Gasteiger partial charge in [-0.25, -0.2) is 9.18 Å². The van der Waals surface area contributed by atoms with Gasteiger partial charge in [-0.1, -0.05) is 0 Å². The van der Waals surface area contributed by atoms with Gasteiger partial charge in [-0.05, 0) is 43.9 Å². The average Bonchev–Trinajstić information content (AvgIpc) is 2.89. The Morgan fingerprint density at radius 1 is 1.53 bits per heavy atom. The summed E-state index contributed by atoms with van der Waals surface area (Å²) in [6, 6.07) is 3.52. The van der Waals surface area contributed by atoms with Crippen LogP contribution >= 0.6 is 0 Å². The van der Waals surface area contributed by atoms with E-state index in [2.05, 4.69) is 0 Å². The van der Waals surface area contributed by atoms with Crippen molar-refractivity contribution < 1.29 is 23.8 Å². The van der Waals surface area contributed by atoms with Crippen molar-refractivity contribution in [3.8, 4) is 5.75 Å². The normalized spacial score (nSPS) is 18.5. The highest BCUT2D eigenvalue weighted by Gasteiger charge is 2.15. The average molecular weight is 268 g/mol. The van der Waals surface area contributed by atoms with Crippen LogP contribution in [0.15, 0.2) is 18.2 Å². The van der Waals surface area contributed by atoms with Gasteiger partial charge < -0.3 is 14.6 Å². The van der Waals surface area contributed by atoms with E-state index in [4.69, 9.17) is 14.6 Å². The Hall–Kier alpha value is -1.62. The van der Waals surface area contributed by atoms with Crippen molar-refractivity contribution in [2.45, 2.75) is 31.8 Å². The maximum absolute atomic E-state index is 13.0. The maximum atomic E-state index is 13.0. The molecule has 19 heavy (non-hydrogen) atoms. The van der Waals surface area contributed by atoms with Gasteiger partial charge in [0.1, 0.15) is 17.1 Å². The molecule has 1 aromatic rings. The molecule has 0 saturated carbocycles. The first-order valence-corrected chi connectivity index (χ1v) is 6.44. The summed E-state index contributed by atoms with van der Waals surface area (Å²) in [5.41, 5.74) is -0.142. The van der Waals surface area contributed by atoms with Crippen molar-refractivity contribution in [2.24, 2.45) is 0 Å². The van der Waals surface area contributed by atoms with Crippen LogP contribution in [0, 0.1) is 5.82 Å². The number of benzene rings is 1. The molecule has 0 aliphatic carbocycles. The highest BCUT2D eigenvalue weighted by atomic mass is 19.1. The molecule has 104 valence electrons. The van der Waals surface area contributed by atoms with Crippen LogP contribution < -0.4 is 4.74 Å². The van der Waals surface area contributed by atoms with Crippen molar-refractivity contribution in [2.75, 3.05) is 13.2 Å². The van der Waals surface area contributed by atoms with Crippen LogP contribution in [0.25, 0.3) is 0 Å². The standard InChI is InChI=1S/C14H17FO4/c15-10-5-6-13(12(9-10)14(16)17)19-8-2-4-11-3-1-7-18-11/h5-6,9,11H,1-4,7-8H2,(H,16,17). The molecule has 2 rings (SSSR count). The predicted molar refractivity (Wildman–Crippen MR) is 67.1 cm³/mol. The van der Waals surface area contributed by atoms with Gasteiger partial charge in [-0.3, -0.25) is 0 Å². The molecule has 1 atom stereocenters. The molecular weight excluding hydrogens is 251 g/mol. The Kier molecular flexibility index (Phi) is 4.74. The first-order valence-electron chi connectivity index (χ1n) is 6.44. The Labute approximate surface area is 111 Å². The van der Waals surface area contributed by atoms with E-state index in [1.807, 2.05) is 0 Å². The Balaban J connectivity index is 1.83. The fraction of sp³-hybridized carbons (Fsp3) is 0.500. The zero-order valence-electron chi connectivity index (χ0n) is 10.6. The number of carboxylic acid groups (broad SMARTS) is 1. The van der Waals surface area contributed by atoms with E-state index in [9.17, 15) is 9.18 Å². The highest BCUT2D eigenvalue weighted by Crippen LogP contribution is 2.21. The van der Waals surface area contributed by atoms with E-state index >= 15 is 0 Å². The maximum Gasteiger partial charge on any atom is 0.339 e. The number of aromatic carboxylic acids is 1.